The van der Waals surface area contributed by atoms with Gasteiger partial charge in [-0.2, -0.15) is 0 Å². The average molecular weight is 735 g/mol. The lowest BCUT2D eigenvalue weighted by molar-refractivity contribution is -0.128. The molecule has 4 N–H and O–H groups in total. The second-order valence-corrected chi connectivity index (χ2v) is 20.8. The van der Waals surface area contributed by atoms with Crippen molar-refractivity contribution in [2.24, 2.45) is 5.92 Å². The Morgan fingerprint density at radius 3 is 1.70 bits per heavy atom. The third-order valence-electron chi connectivity index (χ3n) is 9.50. The van der Waals surface area contributed by atoms with Gasteiger partial charge in [0, 0.05) is 13.8 Å². The van der Waals surface area contributed by atoms with E-state index >= 15 is 0 Å². The summed E-state index contributed by atoms with van der Waals surface area (Å²) in [4.78, 5) is 40.2. The van der Waals surface area contributed by atoms with Gasteiger partial charge in [0.15, 0.2) is 0 Å². The molecule has 4 aromatic rings. The predicted octanol–water partition coefficient (Wildman–Crippen LogP) is 8.51. The van der Waals surface area contributed by atoms with Gasteiger partial charge >= 0.3 is 6.09 Å². The van der Waals surface area contributed by atoms with Gasteiger partial charge in [-0.25, -0.2) is 4.79 Å². The van der Waals surface area contributed by atoms with E-state index in [1.807, 2.05) is 56.3 Å². The van der Waals surface area contributed by atoms with E-state index in [4.69, 9.17) is 4.74 Å². The van der Waals surface area contributed by atoms with Crippen LogP contribution >= 0.6 is 0 Å². The lowest BCUT2D eigenvalue weighted by atomic mass is 9.77. The molecule has 0 heterocycles. The first-order chi connectivity index (χ1) is 25.4. The molecule has 0 bridgehead atoms. The fraction of sp³-hybridized carbons (Fsp3) is 0.386. The molecule has 0 saturated carbocycles. The molecular formula is C44H58N4O4Si. The van der Waals surface area contributed by atoms with Crippen LogP contribution in [0.5, 0.6) is 0 Å². The highest BCUT2D eigenvalue weighted by molar-refractivity contribution is 6.76. The van der Waals surface area contributed by atoms with Gasteiger partial charge < -0.3 is 20.7 Å². The summed E-state index contributed by atoms with van der Waals surface area (Å²) in [5, 5.41) is 12.6. The van der Waals surface area contributed by atoms with Crippen molar-refractivity contribution >= 4 is 31.7 Å². The second-order valence-electron chi connectivity index (χ2n) is 15.2. The fourth-order valence-corrected chi connectivity index (χ4v) is 7.07. The van der Waals surface area contributed by atoms with Crippen molar-refractivity contribution in [3.05, 3.63) is 138 Å². The monoisotopic (exact) mass is 734 g/mol. The Hall–Kier alpha value is -4.73. The summed E-state index contributed by atoms with van der Waals surface area (Å²) in [5.74, 6) is -0.947. The highest BCUT2D eigenvalue weighted by Gasteiger charge is 2.36. The highest BCUT2D eigenvalue weighted by Crippen LogP contribution is 2.36. The number of hydrogen-bond acceptors (Lipinski definition) is 5. The number of amides is 3. The lowest BCUT2D eigenvalue weighted by Gasteiger charge is -2.37. The molecule has 0 aliphatic rings. The van der Waals surface area contributed by atoms with Crippen molar-refractivity contribution in [1.82, 2.24) is 16.0 Å². The Bertz CT molecular complexity index is 1610. The van der Waals surface area contributed by atoms with E-state index in [1.165, 1.54) is 5.56 Å². The minimum Gasteiger partial charge on any atom is -0.450 e. The Balaban J connectivity index is 1.49. The number of benzene rings is 4. The van der Waals surface area contributed by atoms with Crippen molar-refractivity contribution < 1.29 is 19.1 Å². The number of alkyl carbamates (subject to hydrolysis) is 1. The van der Waals surface area contributed by atoms with Crippen LogP contribution in [-0.2, 0) is 26.3 Å². The average Bonchev–Trinajstić information content (AvgIpc) is 3.15. The zero-order chi connectivity index (χ0) is 38.3. The molecule has 0 radical (unpaired) electrons. The number of anilines is 1. The Kier molecular flexibility index (Phi) is 15.4. The number of carbonyl (C=O) groups is 3. The van der Waals surface area contributed by atoms with Crippen LogP contribution in [0.15, 0.2) is 115 Å². The SMILES string of the molecule is CCc1ccc(NC(=O)[C@H](CCCCNC(c2ccccc2)(c2ccccc2)c2ccccc2)NC(=O)[C@@H](NC(=O)OCC[Si](C)(C)C)C(C)C)cc1. The normalized spacial score (nSPS) is 12.8. The molecular weight excluding hydrogens is 677 g/mol. The largest absolute Gasteiger partial charge is 0.450 e. The van der Waals surface area contributed by atoms with Gasteiger partial charge in [0.1, 0.15) is 12.1 Å². The number of hydrogen-bond donors (Lipinski definition) is 4. The van der Waals surface area contributed by atoms with Gasteiger partial charge in [-0.15, -0.1) is 0 Å². The Morgan fingerprint density at radius 2 is 1.23 bits per heavy atom. The van der Waals surface area contributed by atoms with E-state index in [0.29, 0.717) is 31.7 Å². The second kappa shape index (κ2) is 19.9. The molecule has 0 spiro atoms. The summed E-state index contributed by atoms with van der Waals surface area (Å²) in [5.41, 5.74) is 4.61. The van der Waals surface area contributed by atoms with Gasteiger partial charge in [-0.05, 0) is 78.6 Å². The first-order valence-corrected chi connectivity index (χ1v) is 22.7. The minimum absolute atomic E-state index is 0.226. The van der Waals surface area contributed by atoms with E-state index in [1.54, 1.807) is 0 Å². The van der Waals surface area contributed by atoms with Crippen LogP contribution in [0.4, 0.5) is 10.5 Å². The molecule has 0 aliphatic heterocycles. The Labute approximate surface area is 317 Å². The molecule has 0 aromatic heterocycles. The van der Waals surface area contributed by atoms with Gasteiger partial charge in [0.25, 0.3) is 0 Å². The lowest BCUT2D eigenvalue weighted by Crippen LogP contribution is -2.54. The van der Waals surface area contributed by atoms with Crippen molar-refractivity contribution in [1.29, 1.82) is 0 Å². The topological polar surface area (TPSA) is 109 Å². The van der Waals surface area contributed by atoms with E-state index < -0.39 is 37.7 Å². The van der Waals surface area contributed by atoms with Crippen molar-refractivity contribution in [2.75, 3.05) is 18.5 Å². The van der Waals surface area contributed by atoms with E-state index in [-0.39, 0.29) is 11.8 Å². The molecule has 4 aromatic carbocycles. The number of unbranched alkanes of at least 4 members (excludes halogenated alkanes) is 1. The molecule has 0 fully saturated rings. The summed E-state index contributed by atoms with van der Waals surface area (Å²) < 4.78 is 5.43. The molecule has 0 unspecified atom stereocenters. The minimum atomic E-state index is -1.39. The number of nitrogens with one attached hydrogen (secondary N) is 4. The van der Waals surface area contributed by atoms with Crippen LogP contribution < -0.4 is 21.3 Å². The van der Waals surface area contributed by atoms with Gasteiger partial charge in [-0.3, -0.25) is 14.9 Å². The third kappa shape index (κ3) is 12.2. The maximum absolute atomic E-state index is 13.8. The molecule has 53 heavy (non-hydrogen) atoms. The van der Waals surface area contributed by atoms with Gasteiger partial charge in [-0.1, -0.05) is 144 Å². The zero-order valence-electron chi connectivity index (χ0n) is 32.3. The standard InChI is InChI=1S/C44H58N4O4Si/c1-7-34-26-28-38(29-27-34)46-41(49)39(47-42(50)40(33(2)3)48-43(51)52-31-32-53(4,5)6)25-17-18-30-45-44(35-19-11-8-12-20-35,36-21-13-9-14-22-36)37-23-15-10-16-24-37/h8-16,19-24,26-29,33,39-40,45H,7,17-18,25,30-32H2,1-6H3,(H,46,49)(H,47,50)(H,48,51)/t39-,40-/m0/s1. The summed E-state index contributed by atoms with van der Waals surface area (Å²) in [7, 11) is -1.39. The molecule has 0 saturated heterocycles. The number of aryl methyl sites for hydroxylation is 1. The van der Waals surface area contributed by atoms with Crippen LogP contribution in [0.2, 0.25) is 25.7 Å². The molecule has 3 amide bonds. The summed E-state index contributed by atoms with van der Waals surface area (Å²) in [6.07, 6.45) is 2.08. The van der Waals surface area contributed by atoms with E-state index in [0.717, 1.165) is 35.6 Å². The number of rotatable bonds is 19. The third-order valence-corrected chi connectivity index (χ3v) is 11.2. The van der Waals surface area contributed by atoms with Crippen LogP contribution in [0.1, 0.15) is 62.3 Å². The predicted molar refractivity (Wildman–Crippen MR) is 219 cm³/mol. The Morgan fingerprint density at radius 1 is 0.698 bits per heavy atom. The van der Waals surface area contributed by atoms with E-state index in [9.17, 15) is 14.4 Å². The van der Waals surface area contributed by atoms with Crippen molar-refractivity contribution in [3.8, 4) is 0 Å². The molecule has 8 nitrogen and oxygen atoms in total. The van der Waals surface area contributed by atoms with Gasteiger partial charge in [0.2, 0.25) is 11.8 Å². The zero-order valence-corrected chi connectivity index (χ0v) is 33.3. The maximum atomic E-state index is 13.8. The maximum Gasteiger partial charge on any atom is 0.407 e. The highest BCUT2D eigenvalue weighted by atomic mass is 28.3. The van der Waals surface area contributed by atoms with Crippen LogP contribution in [-0.4, -0.2) is 51.2 Å². The fourth-order valence-electron chi connectivity index (χ4n) is 6.36. The van der Waals surface area contributed by atoms with Crippen molar-refractivity contribution in [2.45, 2.75) is 89.8 Å². The molecule has 0 aliphatic carbocycles. The molecule has 4 rings (SSSR count). The smallest absolute Gasteiger partial charge is 0.407 e. The first-order valence-electron chi connectivity index (χ1n) is 19.0. The van der Waals surface area contributed by atoms with Gasteiger partial charge in [0.05, 0.1) is 12.1 Å². The van der Waals surface area contributed by atoms with Crippen LogP contribution in [0.3, 0.4) is 0 Å². The molecule has 2 atom stereocenters. The quantitative estimate of drug-likeness (QED) is 0.0439. The summed E-state index contributed by atoms with van der Waals surface area (Å²) in [6, 6.07) is 38.2. The van der Waals surface area contributed by atoms with E-state index in [2.05, 4.69) is 121 Å². The summed E-state index contributed by atoms with van der Waals surface area (Å²) >= 11 is 0. The number of carbonyl (C=O) groups excluding carboxylic acids is 3. The van der Waals surface area contributed by atoms with Crippen LogP contribution in [0.25, 0.3) is 0 Å². The summed E-state index contributed by atoms with van der Waals surface area (Å²) in [6.45, 7) is 13.4. The molecule has 9 heteroatoms. The number of ether oxygens (including phenoxy) is 1. The van der Waals surface area contributed by atoms with Crippen molar-refractivity contribution in [3.63, 3.8) is 0 Å². The van der Waals surface area contributed by atoms with Crippen LogP contribution in [0, 0.1) is 5.92 Å². The first kappa shape index (κ1) is 41.0. The molecule has 282 valence electrons.